The number of amides is 1. The molecule has 1 saturated heterocycles. The van der Waals surface area contributed by atoms with Gasteiger partial charge in [0.05, 0.1) is 25.2 Å². The first-order valence-electron chi connectivity index (χ1n) is 7.69. The summed E-state index contributed by atoms with van der Waals surface area (Å²) < 4.78 is 5.85. The average molecular weight is 279 g/mol. The maximum atomic E-state index is 12.0. The Morgan fingerprint density at radius 1 is 1.45 bits per heavy atom. The van der Waals surface area contributed by atoms with Crippen LogP contribution in [0.4, 0.5) is 0 Å². The molecule has 112 valence electrons. The molecule has 0 bridgehead atoms. The maximum Gasteiger partial charge on any atom is 0.223 e. The Bertz CT molecular complexity index is 365. The van der Waals surface area contributed by atoms with E-state index < -0.39 is 0 Å². The van der Waals surface area contributed by atoms with Crippen LogP contribution >= 0.6 is 0 Å². The third kappa shape index (κ3) is 3.94. The summed E-state index contributed by atoms with van der Waals surface area (Å²) in [5, 5.41) is 8.55. The van der Waals surface area contributed by atoms with Crippen molar-refractivity contribution in [3.63, 3.8) is 0 Å². The molecule has 1 aliphatic heterocycles. The van der Waals surface area contributed by atoms with Crippen molar-refractivity contribution in [3.8, 4) is 6.07 Å². The van der Waals surface area contributed by atoms with E-state index in [1.807, 2.05) is 0 Å². The van der Waals surface area contributed by atoms with Crippen LogP contribution in [-0.4, -0.2) is 61.1 Å². The Morgan fingerprint density at radius 3 is 3.05 bits per heavy atom. The van der Waals surface area contributed by atoms with Crippen LogP contribution in [0.5, 0.6) is 0 Å². The van der Waals surface area contributed by atoms with Crippen LogP contribution < -0.4 is 0 Å². The van der Waals surface area contributed by atoms with Crippen LogP contribution in [-0.2, 0) is 9.53 Å². The van der Waals surface area contributed by atoms with Gasteiger partial charge in [0.25, 0.3) is 0 Å². The summed E-state index contributed by atoms with van der Waals surface area (Å²) in [7, 11) is 1.78. The van der Waals surface area contributed by atoms with Gasteiger partial charge in [-0.05, 0) is 12.8 Å². The quantitative estimate of drug-likeness (QED) is 0.763. The molecule has 0 radical (unpaired) electrons. The molecule has 5 heteroatoms. The molecule has 0 N–H and O–H groups in total. The van der Waals surface area contributed by atoms with E-state index in [0.717, 1.165) is 26.1 Å². The number of nitrogens with zero attached hydrogens (tertiary/aromatic N) is 3. The SMILES string of the molecule is CN(CCC#N)C(=O)CCN1CCOC2CCCCC21. The molecular weight excluding hydrogens is 254 g/mol. The van der Waals surface area contributed by atoms with Gasteiger partial charge in [-0.1, -0.05) is 12.8 Å². The van der Waals surface area contributed by atoms with Gasteiger partial charge in [-0.25, -0.2) is 0 Å². The molecule has 20 heavy (non-hydrogen) atoms. The lowest BCUT2D eigenvalue weighted by atomic mass is 9.90. The summed E-state index contributed by atoms with van der Waals surface area (Å²) in [5.41, 5.74) is 0. The lowest BCUT2D eigenvalue weighted by Gasteiger charge is -2.43. The molecule has 1 saturated carbocycles. The van der Waals surface area contributed by atoms with E-state index in [0.29, 0.717) is 31.5 Å². The zero-order chi connectivity index (χ0) is 14.4. The Kier molecular flexibility index (Phi) is 5.81. The second kappa shape index (κ2) is 7.61. The highest BCUT2D eigenvalue weighted by Gasteiger charge is 2.34. The highest BCUT2D eigenvalue weighted by atomic mass is 16.5. The maximum absolute atomic E-state index is 12.0. The van der Waals surface area contributed by atoms with Crippen molar-refractivity contribution in [3.05, 3.63) is 0 Å². The Balaban J connectivity index is 1.77. The number of morpholine rings is 1. The van der Waals surface area contributed by atoms with E-state index >= 15 is 0 Å². The highest BCUT2D eigenvalue weighted by molar-refractivity contribution is 5.76. The highest BCUT2D eigenvalue weighted by Crippen LogP contribution is 2.28. The normalized spacial score (nSPS) is 26.6. The first kappa shape index (κ1) is 15.3. The van der Waals surface area contributed by atoms with Crippen LogP contribution in [0.2, 0.25) is 0 Å². The summed E-state index contributed by atoms with van der Waals surface area (Å²) in [6.07, 6.45) is 6.24. The molecule has 2 unspecified atom stereocenters. The minimum Gasteiger partial charge on any atom is -0.375 e. The molecule has 2 aliphatic rings. The van der Waals surface area contributed by atoms with E-state index in [1.54, 1.807) is 11.9 Å². The van der Waals surface area contributed by atoms with E-state index in [-0.39, 0.29) is 5.91 Å². The van der Waals surface area contributed by atoms with Gasteiger partial charge in [0.15, 0.2) is 0 Å². The Labute approximate surface area is 121 Å². The number of rotatable bonds is 5. The molecule has 2 fully saturated rings. The minimum absolute atomic E-state index is 0.138. The number of fused-ring (bicyclic) bond motifs is 1. The molecule has 1 aliphatic carbocycles. The molecule has 2 atom stereocenters. The van der Waals surface area contributed by atoms with Crippen molar-refractivity contribution in [1.82, 2.24) is 9.80 Å². The van der Waals surface area contributed by atoms with Gasteiger partial charge in [-0.3, -0.25) is 9.69 Å². The summed E-state index contributed by atoms with van der Waals surface area (Å²) >= 11 is 0. The van der Waals surface area contributed by atoms with Gasteiger partial charge in [0, 0.05) is 39.1 Å². The van der Waals surface area contributed by atoms with E-state index in [9.17, 15) is 4.79 Å². The van der Waals surface area contributed by atoms with Crippen molar-refractivity contribution in [2.24, 2.45) is 0 Å². The summed E-state index contributed by atoms with van der Waals surface area (Å²) in [6, 6.07) is 2.58. The largest absolute Gasteiger partial charge is 0.375 e. The summed E-state index contributed by atoms with van der Waals surface area (Å²) in [6.45, 7) is 3.08. The summed E-state index contributed by atoms with van der Waals surface area (Å²) in [4.78, 5) is 16.1. The van der Waals surface area contributed by atoms with Gasteiger partial charge in [0.2, 0.25) is 5.91 Å². The molecule has 1 amide bonds. The molecule has 0 spiro atoms. The zero-order valence-corrected chi connectivity index (χ0v) is 12.4. The molecule has 0 aromatic heterocycles. The minimum atomic E-state index is 0.138. The van der Waals surface area contributed by atoms with Crippen LogP contribution in [0.15, 0.2) is 0 Å². The second-order valence-electron chi connectivity index (χ2n) is 5.77. The zero-order valence-electron chi connectivity index (χ0n) is 12.4. The Morgan fingerprint density at radius 2 is 2.25 bits per heavy atom. The number of carbonyl (C=O) groups excluding carboxylic acids is 1. The van der Waals surface area contributed by atoms with E-state index in [2.05, 4.69) is 11.0 Å². The van der Waals surface area contributed by atoms with Crippen molar-refractivity contribution in [2.75, 3.05) is 33.3 Å². The third-order valence-corrected chi connectivity index (χ3v) is 4.44. The van der Waals surface area contributed by atoms with Crippen molar-refractivity contribution in [2.45, 2.75) is 50.7 Å². The number of hydrogen-bond donors (Lipinski definition) is 0. The molecular formula is C15H25N3O2. The number of ether oxygens (including phenoxy) is 1. The lowest BCUT2D eigenvalue weighted by Crippen LogP contribution is -2.53. The molecule has 2 rings (SSSR count). The first-order chi connectivity index (χ1) is 9.72. The van der Waals surface area contributed by atoms with E-state index in [1.165, 1.54) is 19.3 Å². The van der Waals surface area contributed by atoms with E-state index in [4.69, 9.17) is 10.00 Å². The van der Waals surface area contributed by atoms with Crippen LogP contribution in [0, 0.1) is 11.3 Å². The fourth-order valence-electron chi connectivity index (χ4n) is 3.23. The van der Waals surface area contributed by atoms with Crippen LogP contribution in [0.3, 0.4) is 0 Å². The average Bonchev–Trinajstić information content (AvgIpc) is 2.50. The van der Waals surface area contributed by atoms with Crippen LogP contribution in [0.1, 0.15) is 38.5 Å². The topological polar surface area (TPSA) is 56.6 Å². The smallest absolute Gasteiger partial charge is 0.223 e. The second-order valence-corrected chi connectivity index (χ2v) is 5.77. The predicted molar refractivity (Wildman–Crippen MR) is 76.1 cm³/mol. The van der Waals surface area contributed by atoms with Gasteiger partial charge in [-0.15, -0.1) is 0 Å². The van der Waals surface area contributed by atoms with Crippen molar-refractivity contribution >= 4 is 5.91 Å². The molecule has 0 aromatic rings. The fraction of sp³-hybridized carbons (Fsp3) is 0.867. The molecule has 0 aromatic carbocycles. The lowest BCUT2D eigenvalue weighted by molar-refractivity contribution is -0.132. The first-order valence-corrected chi connectivity index (χ1v) is 7.69. The van der Waals surface area contributed by atoms with Gasteiger partial charge in [0.1, 0.15) is 0 Å². The van der Waals surface area contributed by atoms with Gasteiger partial charge >= 0.3 is 0 Å². The predicted octanol–water partition coefficient (Wildman–Crippen LogP) is 1.39. The standard InChI is InChI=1S/C15H25N3O2/c1-17(9-4-8-16)15(19)7-10-18-11-12-20-14-6-3-2-5-13(14)18/h13-14H,2-7,9-12H2,1H3. The molecule has 5 nitrogen and oxygen atoms in total. The number of nitriles is 1. The Hall–Kier alpha value is -1.12. The molecule has 1 heterocycles. The third-order valence-electron chi connectivity index (χ3n) is 4.44. The number of hydrogen-bond acceptors (Lipinski definition) is 4. The van der Waals surface area contributed by atoms with Gasteiger partial charge < -0.3 is 9.64 Å². The van der Waals surface area contributed by atoms with Crippen LogP contribution in [0.25, 0.3) is 0 Å². The van der Waals surface area contributed by atoms with Crippen molar-refractivity contribution in [1.29, 1.82) is 5.26 Å². The van der Waals surface area contributed by atoms with Gasteiger partial charge in [-0.2, -0.15) is 5.26 Å². The fourth-order valence-corrected chi connectivity index (χ4v) is 3.23. The monoisotopic (exact) mass is 279 g/mol. The van der Waals surface area contributed by atoms with Crippen molar-refractivity contribution < 1.29 is 9.53 Å². The summed E-state index contributed by atoms with van der Waals surface area (Å²) in [5.74, 6) is 0.138. The number of carbonyl (C=O) groups is 1.